The highest BCUT2D eigenvalue weighted by Gasteiger charge is 2.42. The molecular formula is C44H44N4O11. The van der Waals surface area contributed by atoms with Crippen molar-refractivity contribution in [3.8, 4) is 0 Å². The summed E-state index contributed by atoms with van der Waals surface area (Å²) in [6.45, 7) is 0.983. The number of aromatic amines is 1. The number of nitrogens with zero attached hydrogens (tertiary/aromatic N) is 1. The highest BCUT2D eigenvalue weighted by molar-refractivity contribution is 5.82. The summed E-state index contributed by atoms with van der Waals surface area (Å²) in [5, 5.41) is 5.20. The van der Waals surface area contributed by atoms with E-state index in [0.29, 0.717) is 0 Å². The molecule has 1 aliphatic rings. The molecule has 5 atom stereocenters. The molecule has 0 saturated carbocycles. The van der Waals surface area contributed by atoms with Crippen LogP contribution in [-0.4, -0.2) is 64.6 Å². The summed E-state index contributed by atoms with van der Waals surface area (Å²) >= 11 is 0. The van der Waals surface area contributed by atoms with Gasteiger partial charge in [0.25, 0.3) is 5.56 Å². The van der Waals surface area contributed by atoms with Gasteiger partial charge < -0.3 is 34.3 Å². The standard InChI is InChI=1S/C44H44N4O11/c1-29-25-48(42(52)47-39(29)49)38-24-36(59-41(51)35(23-31-16-8-3-9-17-31)46-44(54)57-27-33-20-12-5-13-21-33)37(58-38)28-55-40(50)34(22-30-14-6-2-7-15-30)45-43(53)56-26-32-18-10-4-11-19-32/h2-21,25,34-38H,22-24,26-28H2,1H3,(H,45,53)(H,46,54)(H,47,49,52)/t34-,35-,36-,37+,38+/m1/s1. The summed E-state index contributed by atoms with van der Waals surface area (Å²) in [6.07, 6.45) is -3.66. The second-order valence-electron chi connectivity index (χ2n) is 13.8. The van der Waals surface area contributed by atoms with Gasteiger partial charge in [0.1, 0.15) is 50.3 Å². The fraction of sp³-hybridized carbons (Fsp3) is 0.273. The number of hydrogen-bond donors (Lipinski definition) is 3. The van der Waals surface area contributed by atoms with Crippen LogP contribution in [0.3, 0.4) is 0 Å². The van der Waals surface area contributed by atoms with Crippen LogP contribution < -0.4 is 21.9 Å². The van der Waals surface area contributed by atoms with E-state index >= 15 is 0 Å². The van der Waals surface area contributed by atoms with Gasteiger partial charge in [-0.15, -0.1) is 0 Å². The summed E-state index contributed by atoms with van der Waals surface area (Å²) < 4.78 is 29.8. The molecule has 5 aromatic rings. The van der Waals surface area contributed by atoms with Crippen molar-refractivity contribution in [2.45, 2.75) is 69.9 Å². The maximum atomic E-state index is 14.0. The molecule has 4 aromatic carbocycles. The van der Waals surface area contributed by atoms with Gasteiger partial charge in [0.2, 0.25) is 0 Å². The summed E-state index contributed by atoms with van der Waals surface area (Å²) in [5.41, 5.74) is 1.83. The van der Waals surface area contributed by atoms with E-state index in [1.807, 2.05) is 36.4 Å². The van der Waals surface area contributed by atoms with Gasteiger partial charge in [0.05, 0.1) is 0 Å². The SMILES string of the molecule is Cc1cn([C@@H]2C[C@@H](OC(=O)[C@@H](Cc3ccccc3)NC(=O)OCc3ccccc3)[C@H](COC(=O)[C@@H](Cc3ccccc3)NC(=O)OCc3ccccc3)O2)c(=O)[nH]c1=O. The first-order valence-electron chi connectivity index (χ1n) is 19.0. The topological polar surface area (TPSA) is 193 Å². The van der Waals surface area contributed by atoms with E-state index in [1.54, 1.807) is 84.9 Å². The van der Waals surface area contributed by atoms with Crippen LogP contribution in [0.2, 0.25) is 0 Å². The number of aromatic nitrogens is 2. The summed E-state index contributed by atoms with van der Waals surface area (Å²) in [4.78, 5) is 80.9. The van der Waals surface area contributed by atoms with Crippen LogP contribution in [-0.2, 0) is 59.3 Å². The smallest absolute Gasteiger partial charge is 0.408 e. The second kappa shape index (κ2) is 20.4. The minimum atomic E-state index is -1.22. The lowest BCUT2D eigenvalue weighted by atomic mass is 10.1. The molecule has 3 N–H and O–H groups in total. The Bertz CT molecular complexity index is 2290. The van der Waals surface area contributed by atoms with Gasteiger partial charge >= 0.3 is 29.8 Å². The Balaban J connectivity index is 1.18. The first kappa shape index (κ1) is 41.6. The fourth-order valence-electron chi connectivity index (χ4n) is 6.34. The van der Waals surface area contributed by atoms with Crippen molar-refractivity contribution in [1.29, 1.82) is 0 Å². The number of nitrogens with one attached hydrogen (secondary N) is 3. The number of carbonyl (C=O) groups is 4. The van der Waals surface area contributed by atoms with Crippen LogP contribution in [0.4, 0.5) is 9.59 Å². The first-order chi connectivity index (χ1) is 28.6. The van der Waals surface area contributed by atoms with Crippen LogP contribution in [0, 0.1) is 6.92 Å². The number of ether oxygens (including phenoxy) is 5. The second-order valence-corrected chi connectivity index (χ2v) is 13.8. The molecule has 2 amide bonds. The number of hydrogen-bond acceptors (Lipinski definition) is 11. The van der Waals surface area contributed by atoms with Crippen molar-refractivity contribution >= 4 is 24.1 Å². The summed E-state index contributed by atoms with van der Waals surface area (Å²) in [5.74, 6) is -1.67. The van der Waals surface area contributed by atoms with Crippen molar-refractivity contribution in [1.82, 2.24) is 20.2 Å². The largest absolute Gasteiger partial charge is 0.461 e. The predicted molar refractivity (Wildman–Crippen MR) is 213 cm³/mol. The molecule has 1 fully saturated rings. The molecule has 0 unspecified atom stereocenters. The molecule has 15 nitrogen and oxygen atoms in total. The van der Waals surface area contributed by atoms with Crippen LogP contribution in [0.15, 0.2) is 137 Å². The molecule has 0 bridgehead atoms. The molecular weight excluding hydrogens is 761 g/mol. The molecule has 59 heavy (non-hydrogen) atoms. The third-order valence-corrected chi connectivity index (χ3v) is 9.44. The van der Waals surface area contributed by atoms with Crippen molar-refractivity contribution < 1.29 is 42.9 Å². The Hall–Kier alpha value is -7.00. The highest BCUT2D eigenvalue weighted by atomic mass is 16.6. The molecule has 0 spiro atoms. The normalized spacial score (nSPS) is 16.9. The highest BCUT2D eigenvalue weighted by Crippen LogP contribution is 2.31. The maximum Gasteiger partial charge on any atom is 0.408 e. The van der Waals surface area contributed by atoms with Gasteiger partial charge in [-0.2, -0.15) is 0 Å². The lowest BCUT2D eigenvalue weighted by molar-refractivity contribution is -0.160. The number of amides is 2. The minimum Gasteiger partial charge on any atom is -0.461 e. The lowest BCUT2D eigenvalue weighted by Crippen LogP contribution is -2.46. The third kappa shape index (κ3) is 12.2. The van der Waals surface area contributed by atoms with Gasteiger partial charge in [-0.25, -0.2) is 24.0 Å². The van der Waals surface area contributed by atoms with E-state index in [-0.39, 0.29) is 38.0 Å². The van der Waals surface area contributed by atoms with Gasteiger partial charge in [0.15, 0.2) is 0 Å². The summed E-state index contributed by atoms with van der Waals surface area (Å²) in [6, 6.07) is 33.6. The average molecular weight is 805 g/mol. The van der Waals surface area contributed by atoms with Gasteiger partial charge in [-0.3, -0.25) is 14.3 Å². The number of rotatable bonds is 16. The summed E-state index contributed by atoms with van der Waals surface area (Å²) in [7, 11) is 0. The number of alkyl carbamates (subject to hydrolysis) is 2. The number of esters is 2. The van der Waals surface area contributed by atoms with Crippen LogP contribution in [0.1, 0.15) is 40.5 Å². The van der Waals surface area contributed by atoms with Crippen molar-refractivity contribution in [3.63, 3.8) is 0 Å². The Kier molecular flexibility index (Phi) is 14.4. The van der Waals surface area contributed by atoms with E-state index in [4.69, 9.17) is 23.7 Å². The Labute approximate surface area is 339 Å². The number of benzene rings is 4. The molecule has 1 aliphatic heterocycles. The third-order valence-electron chi connectivity index (χ3n) is 9.44. The predicted octanol–water partition coefficient (Wildman–Crippen LogP) is 4.66. The van der Waals surface area contributed by atoms with Gasteiger partial charge in [-0.05, 0) is 29.2 Å². The Morgan fingerprint density at radius 1 is 0.678 bits per heavy atom. The zero-order valence-electron chi connectivity index (χ0n) is 32.2. The van der Waals surface area contributed by atoms with E-state index < -0.39 is 72.5 Å². The Morgan fingerprint density at radius 3 is 1.63 bits per heavy atom. The number of carbonyl (C=O) groups excluding carboxylic acids is 4. The van der Waals surface area contributed by atoms with E-state index in [9.17, 15) is 28.8 Å². The maximum absolute atomic E-state index is 14.0. The van der Waals surface area contributed by atoms with Crippen LogP contribution >= 0.6 is 0 Å². The molecule has 1 aromatic heterocycles. The minimum absolute atomic E-state index is 0.0292. The number of aryl methyl sites for hydroxylation is 1. The first-order valence-corrected chi connectivity index (χ1v) is 19.0. The Morgan fingerprint density at radius 2 is 1.14 bits per heavy atom. The zero-order valence-corrected chi connectivity index (χ0v) is 32.2. The van der Waals surface area contributed by atoms with Crippen LogP contribution in [0.5, 0.6) is 0 Å². The molecule has 15 heteroatoms. The van der Waals surface area contributed by atoms with Gasteiger partial charge in [0, 0.05) is 31.0 Å². The van der Waals surface area contributed by atoms with Crippen LogP contribution in [0.25, 0.3) is 0 Å². The molecule has 306 valence electrons. The number of H-pyrrole nitrogens is 1. The average Bonchev–Trinajstić information content (AvgIpc) is 3.65. The van der Waals surface area contributed by atoms with Gasteiger partial charge in [-0.1, -0.05) is 121 Å². The molecule has 6 rings (SSSR count). The van der Waals surface area contributed by atoms with E-state index in [0.717, 1.165) is 26.8 Å². The van der Waals surface area contributed by atoms with Crippen molar-refractivity contribution in [2.24, 2.45) is 0 Å². The molecule has 0 radical (unpaired) electrons. The van der Waals surface area contributed by atoms with E-state index in [1.165, 1.54) is 13.1 Å². The monoisotopic (exact) mass is 804 g/mol. The zero-order chi connectivity index (χ0) is 41.6. The molecule has 2 heterocycles. The lowest BCUT2D eigenvalue weighted by Gasteiger charge is -2.24. The molecule has 0 aliphatic carbocycles. The van der Waals surface area contributed by atoms with Crippen molar-refractivity contribution in [2.75, 3.05) is 6.61 Å². The quantitative estimate of drug-likeness (QED) is 0.0928. The fourth-order valence-corrected chi connectivity index (χ4v) is 6.34. The van der Waals surface area contributed by atoms with E-state index in [2.05, 4.69) is 15.6 Å². The molecule has 1 saturated heterocycles. The van der Waals surface area contributed by atoms with Crippen molar-refractivity contribution in [3.05, 3.63) is 176 Å².